The van der Waals surface area contributed by atoms with Crippen LogP contribution in [0.2, 0.25) is 0 Å². The molecule has 0 unspecified atom stereocenters. The van der Waals surface area contributed by atoms with E-state index in [1.165, 1.54) is 16.2 Å². The maximum absolute atomic E-state index is 12.3. The first-order valence-corrected chi connectivity index (χ1v) is 10.3. The lowest BCUT2D eigenvalue weighted by Gasteiger charge is -2.09. The Balaban J connectivity index is 1.53. The number of aromatic hydroxyl groups is 1. The number of imidazole rings is 1. The van der Waals surface area contributed by atoms with Crippen LogP contribution in [0, 0.1) is 6.92 Å². The minimum Gasteiger partial charge on any atom is -0.494 e. The molecule has 0 aliphatic rings. The van der Waals surface area contributed by atoms with Crippen molar-refractivity contribution < 1.29 is 9.90 Å². The fraction of sp³-hybridized carbons (Fsp3) is 0.143. The Labute approximate surface area is 181 Å². The predicted octanol–water partition coefficient (Wildman–Crippen LogP) is 3.79. The molecule has 0 saturated carbocycles. The van der Waals surface area contributed by atoms with Crippen molar-refractivity contribution >= 4 is 44.6 Å². The highest BCUT2D eigenvalue weighted by Gasteiger charge is 2.18. The van der Waals surface area contributed by atoms with Crippen LogP contribution < -0.4 is 5.32 Å². The number of nitrogens with zero attached hydrogens (tertiary/aromatic N) is 5. The number of carbonyl (C=O) groups excluding carboxylic acids is 1. The summed E-state index contributed by atoms with van der Waals surface area (Å²) < 4.78 is 1.94. The molecule has 0 saturated heterocycles. The lowest BCUT2D eigenvalue weighted by molar-refractivity contribution is 0.0831. The van der Waals surface area contributed by atoms with Crippen LogP contribution in [-0.4, -0.2) is 54.3 Å². The van der Waals surface area contributed by atoms with Crippen LogP contribution in [0.15, 0.2) is 43.0 Å². The third-order valence-corrected chi connectivity index (χ3v) is 6.08. The van der Waals surface area contributed by atoms with Gasteiger partial charge >= 0.3 is 0 Å². The highest BCUT2D eigenvalue weighted by Crippen LogP contribution is 2.31. The van der Waals surface area contributed by atoms with Gasteiger partial charge in [-0.25, -0.2) is 15.0 Å². The average Bonchev–Trinajstić information content (AvgIpc) is 3.47. The molecule has 0 aliphatic heterocycles. The monoisotopic (exact) mass is 433 g/mol. The first-order valence-electron chi connectivity index (χ1n) is 9.51. The van der Waals surface area contributed by atoms with Crippen LogP contribution in [0.5, 0.6) is 5.88 Å². The van der Waals surface area contributed by atoms with Crippen LogP contribution in [0.3, 0.4) is 0 Å². The van der Waals surface area contributed by atoms with E-state index in [0.29, 0.717) is 27.2 Å². The predicted molar refractivity (Wildman–Crippen MR) is 120 cm³/mol. The molecule has 0 fully saturated rings. The Morgan fingerprint density at radius 2 is 2.13 bits per heavy atom. The molecular weight excluding hydrogens is 414 g/mol. The largest absolute Gasteiger partial charge is 0.494 e. The number of aromatic nitrogens is 5. The summed E-state index contributed by atoms with van der Waals surface area (Å²) >= 11 is 1.29. The van der Waals surface area contributed by atoms with E-state index in [1.54, 1.807) is 32.7 Å². The van der Waals surface area contributed by atoms with Gasteiger partial charge in [-0.3, -0.25) is 9.20 Å². The number of hydrogen-bond donors (Lipinski definition) is 3. The van der Waals surface area contributed by atoms with Crippen LogP contribution in [0.4, 0.5) is 10.9 Å². The minimum atomic E-state index is -0.0801. The van der Waals surface area contributed by atoms with E-state index < -0.39 is 0 Å². The van der Waals surface area contributed by atoms with Crippen molar-refractivity contribution in [3.8, 4) is 17.1 Å². The summed E-state index contributed by atoms with van der Waals surface area (Å²) in [5.74, 6) is 0.619. The van der Waals surface area contributed by atoms with E-state index in [-0.39, 0.29) is 11.8 Å². The molecule has 0 atom stereocenters. The van der Waals surface area contributed by atoms with E-state index in [9.17, 15) is 9.90 Å². The normalized spacial score (nSPS) is 11.3. The maximum Gasteiger partial charge on any atom is 0.265 e. The third-order valence-electron chi connectivity index (χ3n) is 5.02. The number of benzene rings is 1. The second-order valence-electron chi connectivity index (χ2n) is 7.31. The molecular formula is C21H19N7O2S. The van der Waals surface area contributed by atoms with E-state index in [1.807, 2.05) is 35.7 Å². The molecule has 4 heterocycles. The van der Waals surface area contributed by atoms with E-state index in [4.69, 9.17) is 0 Å². The number of carbonyl (C=O) groups is 1. The summed E-state index contributed by atoms with van der Waals surface area (Å²) in [5.41, 5.74) is 3.12. The number of fused-ring (bicyclic) bond motifs is 2. The molecule has 10 heteroatoms. The van der Waals surface area contributed by atoms with E-state index in [2.05, 4.69) is 25.3 Å². The van der Waals surface area contributed by atoms with Gasteiger partial charge in [-0.2, -0.15) is 0 Å². The molecule has 0 radical (unpaired) electrons. The summed E-state index contributed by atoms with van der Waals surface area (Å²) in [6.07, 6.45) is 7.10. The average molecular weight is 433 g/mol. The van der Waals surface area contributed by atoms with Gasteiger partial charge in [0.2, 0.25) is 0 Å². The molecule has 9 nitrogen and oxygen atoms in total. The molecule has 5 rings (SSSR count). The number of amides is 1. The van der Waals surface area contributed by atoms with Crippen molar-refractivity contribution in [2.75, 3.05) is 19.4 Å². The highest BCUT2D eigenvalue weighted by atomic mass is 32.1. The molecule has 1 amide bonds. The molecule has 0 aliphatic carbocycles. The Bertz CT molecular complexity index is 1450. The van der Waals surface area contributed by atoms with Gasteiger partial charge in [0.15, 0.2) is 22.5 Å². The number of hydrogen-bond acceptors (Lipinski definition) is 7. The standard InChI is InChI=1S/C21H19N7O2S/c1-11-16(20(30)27(2)3)31-21(25-11)26-17-18-22-6-7-28(18)15(10-23-17)12-4-5-14-13(8-12)9-24-19(14)29/h4-10,24,29H,1-3H3,(H,23,25,26). The van der Waals surface area contributed by atoms with Gasteiger partial charge in [0.25, 0.3) is 5.91 Å². The van der Waals surface area contributed by atoms with Crippen molar-refractivity contribution in [2.24, 2.45) is 0 Å². The fourth-order valence-corrected chi connectivity index (χ4v) is 4.44. The van der Waals surface area contributed by atoms with Gasteiger partial charge in [0.1, 0.15) is 4.88 Å². The topological polar surface area (TPSA) is 111 Å². The molecule has 3 N–H and O–H groups in total. The van der Waals surface area contributed by atoms with Crippen molar-refractivity contribution in [1.29, 1.82) is 0 Å². The van der Waals surface area contributed by atoms with Crippen LogP contribution in [0.1, 0.15) is 15.4 Å². The molecule has 156 valence electrons. The summed E-state index contributed by atoms with van der Waals surface area (Å²) in [7, 11) is 3.43. The molecule has 31 heavy (non-hydrogen) atoms. The summed E-state index contributed by atoms with van der Waals surface area (Å²) in [5, 5.41) is 15.3. The van der Waals surface area contributed by atoms with Gasteiger partial charge in [-0.05, 0) is 19.1 Å². The Morgan fingerprint density at radius 3 is 2.94 bits per heavy atom. The van der Waals surface area contributed by atoms with E-state index >= 15 is 0 Å². The zero-order valence-corrected chi connectivity index (χ0v) is 17.9. The third kappa shape index (κ3) is 3.17. The molecule has 0 spiro atoms. The molecule has 0 bridgehead atoms. The number of anilines is 2. The second kappa shape index (κ2) is 7.10. The lowest BCUT2D eigenvalue weighted by Crippen LogP contribution is -2.21. The van der Waals surface area contributed by atoms with Gasteiger partial charge in [0, 0.05) is 49.0 Å². The second-order valence-corrected chi connectivity index (χ2v) is 8.31. The molecule has 1 aromatic carbocycles. The SMILES string of the molecule is Cc1nc(Nc2ncc(-c3ccc4c(O)[nH]cc4c3)n3ccnc23)sc1C(=O)N(C)C. The number of aryl methyl sites for hydroxylation is 1. The molecule has 4 aromatic heterocycles. The van der Waals surface area contributed by atoms with Crippen molar-refractivity contribution in [3.63, 3.8) is 0 Å². The Kier molecular flexibility index (Phi) is 4.36. The number of rotatable bonds is 4. The van der Waals surface area contributed by atoms with Crippen molar-refractivity contribution in [3.05, 3.63) is 53.6 Å². The minimum absolute atomic E-state index is 0.0801. The van der Waals surface area contributed by atoms with Crippen LogP contribution in [-0.2, 0) is 0 Å². The van der Waals surface area contributed by atoms with Gasteiger partial charge in [0.05, 0.1) is 17.6 Å². The van der Waals surface area contributed by atoms with E-state index in [0.717, 1.165) is 22.0 Å². The molecule has 5 aromatic rings. The Hall–Kier alpha value is -3.92. The van der Waals surface area contributed by atoms with Crippen molar-refractivity contribution in [2.45, 2.75) is 6.92 Å². The van der Waals surface area contributed by atoms with Crippen LogP contribution >= 0.6 is 11.3 Å². The summed E-state index contributed by atoms with van der Waals surface area (Å²) in [4.78, 5) is 30.8. The Morgan fingerprint density at radius 1 is 1.29 bits per heavy atom. The zero-order chi connectivity index (χ0) is 21.7. The van der Waals surface area contributed by atoms with Gasteiger partial charge < -0.3 is 20.3 Å². The maximum atomic E-state index is 12.3. The quantitative estimate of drug-likeness (QED) is 0.398. The smallest absolute Gasteiger partial charge is 0.265 e. The number of aromatic amines is 1. The first-order chi connectivity index (χ1) is 14.9. The summed E-state index contributed by atoms with van der Waals surface area (Å²) in [6, 6.07) is 5.79. The number of H-pyrrole nitrogens is 1. The van der Waals surface area contributed by atoms with Crippen LogP contribution in [0.25, 0.3) is 27.7 Å². The zero-order valence-electron chi connectivity index (χ0n) is 17.0. The van der Waals surface area contributed by atoms with Gasteiger partial charge in [-0.1, -0.05) is 17.4 Å². The van der Waals surface area contributed by atoms with Crippen molar-refractivity contribution in [1.82, 2.24) is 29.2 Å². The fourth-order valence-electron chi connectivity index (χ4n) is 3.45. The number of thiazole rings is 1. The van der Waals surface area contributed by atoms with Gasteiger partial charge in [-0.15, -0.1) is 0 Å². The number of nitrogens with one attached hydrogen (secondary N) is 2. The summed E-state index contributed by atoms with van der Waals surface area (Å²) in [6.45, 7) is 1.81. The lowest BCUT2D eigenvalue weighted by atomic mass is 10.1. The highest BCUT2D eigenvalue weighted by molar-refractivity contribution is 7.17. The first kappa shape index (κ1) is 19.1.